The number of rotatable bonds is 8. The molecular formula is C24H29ClN4O. The Bertz CT molecular complexity index is 1070. The molecule has 6 heteroatoms. The van der Waals surface area contributed by atoms with Crippen molar-refractivity contribution in [3.05, 3.63) is 40.8 Å². The van der Waals surface area contributed by atoms with Crippen molar-refractivity contribution >= 4 is 23.1 Å². The van der Waals surface area contributed by atoms with Crippen molar-refractivity contribution in [3.63, 3.8) is 0 Å². The molecule has 158 valence electrons. The number of fused-ring (bicyclic) bond motifs is 1. The van der Waals surface area contributed by atoms with E-state index in [2.05, 4.69) is 16.2 Å². The molecule has 0 radical (unpaired) electrons. The number of hydrogen-bond donors (Lipinski definition) is 0. The first-order valence-corrected chi connectivity index (χ1v) is 11.4. The van der Waals surface area contributed by atoms with Gasteiger partial charge in [-0.05, 0) is 68.6 Å². The second-order valence-corrected chi connectivity index (χ2v) is 9.23. The number of imidazole rings is 1. The third kappa shape index (κ3) is 3.64. The molecule has 30 heavy (non-hydrogen) atoms. The SMILES string of the molecule is CCc1nc2c(-c3c(Cl)cc(C)cc3OC)nccn2c1N(CC1CC1)CC1CC1. The molecule has 2 aromatic heterocycles. The van der Waals surface area contributed by atoms with Crippen molar-refractivity contribution in [2.45, 2.75) is 46.0 Å². The van der Waals surface area contributed by atoms with Crippen LogP contribution in [0.25, 0.3) is 16.9 Å². The molecule has 0 spiro atoms. The fraction of sp³-hybridized carbons (Fsp3) is 0.500. The zero-order chi connectivity index (χ0) is 20.8. The molecular weight excluding hydrogens is 396 g/mol. The number of benzene rings is 1. The molecule has 0 atom stereocenters. The first-order valence-electron chi connectivity index (χ1n) is 11.0. The Labute approximate surface area is 183 Å². The maximum absolute atomic E-state index is 6.68. The van der Waals surface area contributed by atoms with E-state index < -0.39 is 0 Å². The monoisotopic (exact) mass is 424 g/mol. The van der Waals surface area contributed by atoms with Crippen LogP contribution in [0.4, 0.5) is 5.82 Å². The molecule has 0 saturated heterocycles. The summed E-state index contributed by atoms with van der Waals surface area (Å²) in [7, 11) is 1.68. The summed E-state index contributed by atoms with van der Waals surface area (Å²) in [6.07, 6.45) is 10.2. The molecule has 0 bridgehead atoms. The smallest absolute Gasteiger partial charge is 0.165 e. The van der Waals surface area contributed by atoms with Crippen LogP contribution in [-0.4, -0.2) is 34.6 Å². The number of hydrogen-bond acceptors (Lipinski definition) is 4. The summed E-state index contributed by atoms with van der Waals surface area (Å²) in [5.74, 6) is 3.62. The summed E-state index contributed by atoms with van der Waals surface area (Å²) in [6, 6.07) is 3.96. The molecule has 0 amide bonds. The third-order valence-electron chi connectivity index (χ3n) is 6.23. The van der Waals surface area contributed by atoms with Crippen molar-refractivity contribution in [1.82, 2.24) is 14.4 Å². The molecule has 0 N–H and O–H groups in total. The maximum Gasteiger partial charge on any atom is 0.165 e. The summed E-state index contributed by atoms with van der Waals surface area (Å²) < 4.78 is 7.89. The first kappa shape index (κ1) is 19.7. The van der Waals surface area contributed by atoms with Crippen LogP contribution in [0.5, 0.6) is 5.75 Å². The standard InChI is InChI=1S/C24H29ClN4O/c1-4-19-24(28(13-16-5-6-16)14-17-7-8-17)29-10-9-26-22(23(29)27-19)21-18(25)11-15(2)12-20(21)30-3/h9-12,16-17H,4-8,13-14H2,1-3H3. The van der Waals surface area contributed by atoms with Gasteiger partial charge in [0.1, 0.15) is 17.3 Å². The van der Waals surface area contributed by atoms with Gasteiger partial charge in [-0.3, -0.25) is 9.38 Å². The van der Waals surface area contributed by atoms with Gasteiger partial charge >= 0.3 is 0 Å². The average molecular weight is 425 g/mol. The minimum Gasteiger partial charge on any atom is -0.496 e. The van der Waals surface area contributed by atoms with E-state index in [1.165, 1.54) is 31.5 Å². The van der Waals surface area contributed by atoms with Gasteiger partial charge in [0.2, 0.25) is 0 Å². The number of nitrogens with zero attached hydrogens (tertiary/aromatic N) is 4. The number of methoxy groups -OCH3 is 1. The fourth-order valence-electron chi connectivity index (χ4n) is 4.33. The van der Waals surface area contributed by atoms with E-state index in [1.807, 2.05) is 31.5 Å². The van der Waals surface area contributed by atoms with Gasteiger partial charge in [-0.25, -0.2) is 4.98 Å². The van der Waals surface area contributed by atoms with Gasteiger partial charge in [-0.15, -0.1) is 0 Å². The number of aryl methyl sites for hydroxylation is 2. The van der Waals surface area contributed by atoms with Crippen LogP contribution < -0.4 is 9.64 Å². The van der Waals surface area contributed by atoms with Crippen molar-refractivity contribution in [1.29, 1.82) is 0 Å². The van der Waals surface area contributed by atoms with Crippen molar-refractivity contribution in [3.8, 4) is 17.0 Å². The Kier molecular flexibility index (Phi) is 5.10. The van der Waals surface area contributed by atoms with E-state index in [4.69, 9.17) is 26.3 Å². The Hall–Kier alpha value is -2.27. The lowest BCUT2D eigenvalue weighted by atomic mass is 10.1. The minimum absolute atomic E-state index is 0.642. The highest BCUT2D eigenvalue weighted by Crippen LogP contribution is 2.41. The summed E-state index contributed by atoms with van der Waals surface area (Å²) in [5, 5.41) is 0.642. The van der Waals surface area contributed by atoms with E-state index in [0.717, 1.165) is 65.3 Å². The molecule has 5 rings (SSSR count). The van der Waals surface area contributed by atoms with Gasteiger partial charge in [0, 0.05) is 25.5 Å². The van der Waals surface area contributed by atoms with Crippen LogP contribution >= 0.6 is 11.6 Å². The molecule has 0 aliphatic heterocycles. The molecule has 0 unspecified atom stereocenters. The molecule has 1 aromatic carbocycles. The van der Waals surface area contributed by atoms with Crippen LogP contribution in [0.3, 0.4) is 0 Å². The lowest BCUT2D eigenvalue weighted by Gasteiger charge is -2.25. The molecule has 2 saturated carbocycles. The Morgan fingerprint density at radius 1 is 1.17 bits per heavy atom. The molecule has 2 heterocycles. The van der Waals surface area contributed by atoms with Gasteiger partial charge in [0.25, 0.3) is 0 Å². The van der Waals surface area contributed by atoms with E-state index >= 15 is 0 Å². The lowest BCUT2D eigenvalue weighted by Crippen LogP contribution is -2.30. The molecule has 5 nitrogen and oxygen atoms in total. The normalized spacial score (nSPS) is 16.3. The van der Waals surface area contributed by atoms with Crippen LogP contribution in [0, 0.1) is 18.8 Å². The highest BCUT2D eigenvalue weighted by Gasteiger charge is 2.32. The van der Waals surface area contributed by atoms with Crippen molar-refractivity contribution < 1.29 is 4.74 Å². The number of anilines is 1. The summed E-state index contributed by atoms with van der Waals surface area (Å²) >= 11 is 6.68. The van der Waals surface area contributed by atoms with Gasteiger partial charge in [-0.2, -0.15) is 0 Å². The average Bonchev–Trinajstić information content (AvgIpc) is 3.66. The Morgan fingerprint density at radius 3 is 2.47 bits per heavy atom. The van der Waals surface area contributed by atoms with Gasteiger partial charge in [0.05, 0.1) is 23.4 Å². The lowest BCUT2D eigenvalue weighted by molar-refractivity contribution is 0.416. The number of halogens is 1. The number of ether oxygens (including phenoxy) is 1. The molecule has 2 aliphatic rings. The zero-order valence-corrected chi connectivity index (χ0v) is 18.7. The molecule has 2 fully saturated rings. The number of aromatic nitrogens is 3. The van der Waals surface area contributed by atoms with E-state index in [1.54, 1.807) is 7.11 Å². The topological polar surface area (TPSA) is 42.7 Å². The molecule has 3 aromatic rings. The van der Waals surface area contributed by atoms with Crippen molar-refractivity contribution in [2.24, 2.45) is 11.8 Å². The molecule has 2 aliphatic carbocycles. The maximum atomic E-state index is 6.68. The van der Waals surface area contributed by atoms with Crippen LogP contribution in [0.1, 0.15) is 43.9 Å². The van der Waals surface area contributed by atoms with Gasteiger partial charge in [-0.1, -0.05) is 18.5 Å². The third-order valence-corrected chi connectivity index (χ3v) is 6.53. The first-order chi connectivity index (χ1) is 14.6. The van der Waals surface area contributed by atoms with Crippen molar-refractivity contribution in [2.75, 3.05) is 25.1 Å². The largest absolute Gasteiger partial charge is 0.496 e. The predicted octanol–water partition coefficient (Wildman–Crippen LogP) is 5.56. The van der Waals surface area contributed by atoms with E-state index in [-0.39, 0.29) is 0 Å². The summed E-state index contributed by atoms with van der Waals surface area (Å²) in [6.45, 7) is 6.46. The fourth-order valence-corrected chi connectivity index (χ4v) is 4.69. The minimum atomic E-state index is 0.642. The Morgan fingerprint density at radius 2 is 1.87 bits per heavy atom. The quantitative estimate of drug-likeness (QED) is 0.475. The second-order valence-electron chi connectivity index (χ2n) is 8.82. The van der Waals surface area contributed by atoms with E-state index in [0.29, 0.717) is 5.02 Å². The van der Waals surface area contributed by atoms with Crippen LogP contribution in [0.15, 0.2) is 24.5 Å². The van der Waals surface area contributed by atoms with Gasteiger partial charge < -0.3 is 9.64 Å². The predicted molar refractivity (Wildman–Crippen MR) is 122 cm³/mol. The highest BCUT2D eigenvalue weighted by molar-refractivity contribution is 6.34. The van der Waals surface area contributed by atoms with Crippen LogP contribution in [0.2, 0.25) is 5.02 Å². The van der Waals surface area contributed by atoms with Gasteiger partial charge in [0.15, 0.2) is 5.65 Å². The Balaban J connectivity index is 1.68. The van der Waals surface area contributed by atoms with E-state index in [9.17, 15) is 0 Å². The summed E-state index contributed by atoms with van der Waals surface area (Å²) in [5.41, 5.74) is 4.63. The van der Waals surface area contributed by atoms with Crippen LogP contribution in [-0.2, 0) is 6.42 Å². The zero-order valence-electron chi connectivity index (χ0n) is 18.0. The highest BCUT2D eigenvalue weighted by atomic mass is 35.5. The summed E-state index contributed by atoms with van der Waals surface area (Å²) in [4.78, 5) is 12.4. The second kappa shape index (κ2) is 7.77.